The van der Waals surface area contributed by atoms with Crippen LogP contribution in [0.25, 0.3) is 10.9 Å². The lowest BCUT2D eigenvalue weighted by Gasteiger charge is -2.09. The molecule has 0 radical (unpaired) electrons. The van der Waals surface area contributed by atoms with E-state index in [4.69, 9.17) is 0 Å². The summed E-state index contributed by atoms with van der Waals surface area (Å²) in [5, 5.41) is 16.1. The molecule has 2 N–H and O–H groups in total. The standard InChI is InChI=1S/C16H18N4O/c1-11-4-5-13-9-14(10-17)16(20-15(13)8-11)19-7-3-6-18-12(2)21/h4-5,8-9H,3,6-7H2,1-2H3,(H,18,21)(H,19,20). The molecule has 0 atom stereocenters. The molecule has 0 fully saturated rings. The molecule has 2 aromatic rings. The van der Waals surface area contributed by atoms with E-state index in [-0.39, 0.29) is 5.91 Å². The third-order valence-corrected chi connectivity index (χ3v) is 3.11. The molecule has 0 saturated carbocycles. The van der Waals surface area contributed by atoms with Crippen LogP contribution in [0.15, 0.2) is 24.3 Å². The zero-order valence-electron chi connectivity index (χ0n) is 12.2. The van der Waals surface area contributed by atoms with E-state index in [1.807, 2.05) is 31.2 Å². The summed E-state index contributed by atoms with van der Waals surface area (Å²) in [4.78, 5) is 15.3. The van der Waals surface area contributed by atoms with Gasteiger partial charge in [0, 0.05) is 25.4 Å². The maximum absolute atomic E-state index is 10.8. The Bertz CT molecular complexity index is 703. The summed E-state index contributed by atoms with van der Waals surface area (Å²) in [5.74, 6) is 0.561. The average Bonchev–Trinajstić information content (AvgIpc) is 2.45. The zero-order chi connectivity index (χ0) is 15.2. The van der Waals surface area contributed by atoms with Crippen molar-refractivity contribution in [2.45, 2.75) is 20.3 Å². The lowest BCUT2D eigenvalue weighted by molar-refractivity contribution is -0.118. The van der Waals surface area contributed by atoms with E-state index in [0.717, 1.165) is 22.9 Å². The number of amides is 1. The first kappa shape index (κ1) is 14.8. The largest absolute Gasteiger partial charge is 0.369 e. The Morgan fingerprint density at radius 2 is 2.14 bits per heavy atom. The highest BCUT2D eigenvalue weighted by Crippen LogP contribution is 2.20. The number of hydrogen-bond donors (Lipinski definition) is 2. The maximum atomic E-state index is 10.8. The number of anilines is 1. The lowest BCUT2D eigenvalue weighted by Crippen LogP contribution is -2.22. The molecule has 0 aliphatic rings. The number of aryl methyl sites for hydroxylation is 1. The monoisotopic (exact) mass is 282 g/mol. The number of nitrogens with one attached hydrogen (secondary N) is 2. The van der Waals surface area contributed by atoms with Crippen LogP contribution in [0.3, 0.4) is 0 Å². The number of rotatable bonds is 5. The molecule has 0 unspecified atom stereocenters. The summed E-state index contributed by atoms with van der Waals surface area (Å²) in [6.45, 7) is 4.77. The number of carbonyl (C=O) groups excluding carboxylic acids is 1. The molecule has 0 saturated heterocycles. The first-order valence-electron chi connectivity index (χ1n) is 6.90. The average molecular weight is 282 g/mol. The molecular weight excluding hydrogens is 264 g/mol. The molecule has 0 spiro atoms. The van der Waals surface area contributed by atoms with Gasteiger partial charge in [0.05, 0.1) is 11.1 Å². The molecule has 1 aromatic heterocycles. The van der Waals surface area contributed by atoms with Gasteiger partial charge < -0.3 is 10.6 Å². The second-order valence-corrected chi connectivity index (χ2v) is 4.96. The minimum absolute atomic E-state index is 0.0352. The molecule has 2 rings (SSSR count). The fraction of sp³-hybridized carbons (Fsp3) is 0.312. The van der Waals surface area contributed by atoms with Crippen molar-refractivity contribution in [3.05, 3.63) is 35.4 Å². The number of nitrogens with zero attached hydrogens (tertiary/aromatic N) is 2. The van der Waals surface area contributed by atoms with E-state index in [9.17, 15) is 10.1 Å². The number of pyridine rings is 1. The molecule has 5 nitrogen and oxygen atoms in total. The molecule has 1 amide bonds. The van der Waals surface area contributed by atoms with E-state index >= 15 is 0 Å². The van der Waals surface area contributed by atoms with Crippen molar-refractivity contribution >= 4 is 22.6 Å². The van der Waals surface area contributed by atoms with Crippen LogP contribution >= 0.6 is 0 Å². The second kappa shape index (κ2) is 6.71. The molecule has 0 aliphatic heterocycles. The first-order valence-corrected chi connectivity index (χ1v) is 6.90. The normalized spacial score (nSPS) is 10.1. The highest BCUT2D eigenvalue weighted by Gasteiger charge is 2.06. The van der Waals surface area contributed by atoms with Crippen LogP contribution in [-0.4, -0.2) is 24.0 Å². The van der Waals surface area contributed by atoms with Gasteiger partial charge in [0.1, 0.15) is 11.9 Å². The van der Waals surface area contributed by atoms with Crippen molar-refractivity contribution in [3.63, 3.8) is 0 Å². The molecule has 1 heterocycles. The molecule has 1 aromatic carbocycles. The topological polar surface area (TPSA) is 77.8 Å². The van der Waals surface area contributed by atoms with E-state index in [1.165, 1.54) is 6.92 Å². The Labute approximate surface area is 124 Å². The smallest absolute Gasteiger partial charge is 0.216 e. The molecule has 0 aliphatic carbocycles. The molecule has 108 valence electrons. The van der Waals surface area contributed by atoms with Gasteiger partial charge >= 0.3 is 0 Å². The summed E-state index contributed by atoms with van der Waals surface area (Å²) in [6, 6.07) is 9.99. The van der Waals surface area contributed by atoms with Crippen molar-refractivity contribution in [3.8, 4) is 6.07 Å². The number of fused-ring (bicyclic) bond motifs is 1. The Kier molecular flexibility index (Phi) is 4.72. The van der Waals surface area contributed by atoms with Crippen molar-refractivity contribution < 1.29 is 4.79 Å². The summed E-state index contributed by atoms with van der Waals surface area (Å²) in [7, 11) is 0. The van der Waals surface area contributed by atoms with Gasteiger partial charge in [-0.25, -0.2) is 4.98 Å². The maximum Gasteiger partial charge on any atom is 0.216 e. The van der Waals surface area contributed by atoms with Crippen LogP contribution in [-0.2, 0) is 4.79 Å². The zero-order valence-corrected chi connectivity index (χ0v) is 12.2. The minimum atomic E-state index is -0.0352. The molecule has 5 heteroatoms. The third-order valence-electron chi connectivity index (χ3n) is 3.11. The van der Waals surface area contributed by atoms with Gasteiger partial charge in [0.25, 0.3) is 0 Å². The summed E-state index contributed by atoms with van der Waals surface area (Å²) in [6.07, 6.45) is 0.776. The van der Waals surface area contributed by atoms with Crippen LogP contribution in [0.4, 0.5) is 5.82 Å². The van der Waals surface area contributed by atoms with E-state index in [2.05, 4.69) is 21.7 Å². The van der Waals surface area contributed by atoms with Gasteiger partial charge in [-0.1, -0.05) is 12.1 Å². The summed E-state index contributed by atoms with van der Waals surface area (Å²) < 4.78 is 0. The van der Waals surface area contributed by atoms with Gasteiger partial charge in [0.2, 0.25) is 5.91 Å². The highest BCUT2D eigenvalue weighted by molar-refractivity contribution is 5.83. The predicted octanol–water partition coefficient (Wildman–Crippen LogP) is 2.35. The fourth-order valence-electron chi connectivity index (χ4n) is 2.06. The van der Waals surface area contributed by atoms with E-state index < -0.39 is 0 Å². The second-order valence-electron chi connectivity index (χ2n) is 4.96. The highest BCUT2D eigenvalue weighted by atomic mass is 16.1. The third kappa shape index (κ3) is 3.93. The molecule has 21 heavy (non-hydrogen) atoms. The quantitative estimate of drug-likeness (QED) is 0.825. The van der Waals surface area contributed by atoms with Gasteiger partial charge in [-0.15, -0.1) is 0 Å². The van der Waals surface area contributed by atoms with Crippen LogP contribution in [0.1, 0.15) is 24.5 Å². The van der Waals surface area contributed by atoms with Crippen molar-refractivity contribution in [1.82, 2.24) is 10.3 Å². The fourth-order valence-corrected chi connectivity index (χ4v) is 2.06. The van der Waals surface area contributed by atoms with E-state index in [1.54, 1.807) is 0 Å². The van der Waals surface area contributed by atoms with Gasteiger partial charge in [-0.3, -0.25) is 4.79 Å². The lowest BCUT2D eigenvalue weighted by atomic mass is 10.1. The van der Waals surface area contributed by atoms with Gasteiger partial charge in [-0.2, -0.15) is 5.26 Å². The van der Waals surface area contributed by atoms with Gasteiger partial charge in [-0.05, 0) is 31.0 Å². The number of benzene rings is 1. The Balaban J connectivity index is 2.11. The Morgan fingerprint density at radius 3 is 2.86 bits per heavy atom. The van der Waals surface area contributed by atoms with Crippen LogP contribution in [0, 0.1) is 18.3 Å². The Morgan fingerprint density at radius 1 is 1.33 bits per heavy atom. The van der Waals surface area contributed by atoms with Crippen molar-refractivity contribution in [2.75, 3.05) is 18.4 Å². The number of aromatic nitrogens is 1. The Hall–Kier alpha value is -2.61. The first-order chi connectivity index (χ1) is 10.1. The number of carbonyl (C=O) groups is 1. The molecular formula is C16H18N4O. The van der Waals surface area contributed by atoms with Crippen LogP contribution in [0.5, 0.6) is 0 Å². The SMILES string of the molecule is CC(=O)NCCCNc1nc2cc(C)ccc2cc1C#N. The van der Waals surface area contributed by atoms with Crippen molar-refractivity contribution in [1.29, 1.82) is 5.26 Å². The number of hydrogen-bond acceptors (Lipinski definition) is 4. The van der Waals surface area contributed by atoms with E-state index in [0.29, 0.717) is 24.5 Å². The predicted molar refractivity (Wildman–Crippen MR) is 83.0 cm³/mol. The van der Waals surface area contributed by atoms with Crippen LogP contribution in [0.2, 0.25) is 0 Å². The van der Waals surface area contributed by atoms with Crippen LogP contribution < -0.4 is 10.6 Å². The number of nitriles is 1. The summed E-state index contributed by atoms with van der Waals surface area (Å²) in [5.41, 5.74) is 2.54. The van der Waals surface area contributed by atoms with Crippen molar-refractivity contribution in [2.24, 2.45) is 0 Å². The molecule has 0 bridgehead atoms. The van der Waals surface area contributed by atoms with Gasteiger partial charge in [0.15, 0.2) is 0 Å². The minimum Gasteiger partial charge on any atom is -0.369 e. The summed E-state index contributed by atoms with van der Waals surface area (Å²) >= 11 is 0.